The predicted molar refractivity (Wildman–Crippen MR) is 93.8 cm³/mol. The number of carbonyl (C=O) groups excluding carboxylic acids is 1. The zero-order valence-electron chi connectivity index (χ0n) is 13.9. The van der Waals surface area contributed by atoms with Gasteiger partial charge in [-0.1, -0.05) is 6.07 Å². The molecule has 0 aliphatic carbocycles. The number of benzene rings is 2. The smallest absolute Gasteiger partial charge is 0.273 e. The Balaban J connectivity index is 1.84. The van der Waals surface area contributed by atoms with Gasteiger partial charge in [0.2, 0.25) is 0 Å². The van der Waals surface area contributed by atoms with Crippen LogP contribution >= 0.6 is 0 Å². The topological polar surface area (TPSA) is 96.7 Å². The van der Waals surface area contributed by atoms with E-state index in [0.29, 0.717) is 35.0 Å². The molecule has 2 N–H and O–H groups in total. The third-order valence-corrected chi connectivity index (χ3v) is 3.77. The van der Waals surface area contributed by atoms with Crippen LogP contribution in [0.3, 0.4) is 0 Å². The molecule has 0 atom stereocenters. The van der Waals surface area contributed by atoms with Crippen LogP contribution in [0.1, 0.15) is 10.4 Å². The second-order valence-corrected chi connectivity index (χ2v) is 5.90. The van der Waals surface area contributed by atoms with Gasteiger partial charge in [-0.05, 0) is 32.3 Å². The molecule has 8 nitrogen and oxygen atoms in total. The highest BCUT2D eigenvalue weighted by atomic mass is 16.6. The lowest BCUT2D eigenvalue weighted by Gasteiger charge is -2.23. The third kappa shape index (κ3) is 3.53. The predicted octanol–water partition coefficient (Wildman–Crippen LogP) is 2.74. The Morgan fingerprint density at radius 1 is 1.28 bits per heavy atom. The Labute approximate surface area is 144 Å². The van der Waals surface area contributed by atoms with E-state index in [2.05, 4.69) is 10.6 Å². The molecular weight excluding hydrogens is 324 g/mol. The van der Waals surface area contributed by atoms with Crippen molar-refractivity contribution in [2.24, 2.45) is 0 Å². The van der Waals surface area contributed by atoms with Gasteiger partial charge in [0.1, 0.15) is 0 Å². The summed E-state index contributed by atoms with van der Waals surface area (Å²) in [7, 11) is 3.87. The van der Waals surface area contributed by atoms with Crippen LogP contribution in [0.5, 0.6) is 11.5 Å². The lowest BCUT2D eigenvalue weighted by atomic mass is 10.1. The molecule has 8 heteroatoms. The van der Waals surface area contributed by atoms with Gasteiger partial charge in [-0.2, -0.15) is 0 Å². The van der Waals surface area contributed by atoms with Crippen LogP contribution in [-0.2, 0) is 0 Å². The zero-order chi connectivity index (χ0) is 18.0. The number of hydrogen-bond acceptors (Lipinski definition) is 6. The second kappa shape index (κ2) is 6.78. The summed E-state index contributed by atoms with van der Waals surface area (Å²) in [6, 6.07) is 9.44. The second-order valence-electron chi connectivity index (χ2n) is 5.90. The number of non-ortho nitro benzene ring substituents is 1. The molecule has 3 rings (SSSR count). The number of likely N-dealkylation sites (N-methyl/N-ethyl adjacent to an activating group) is 1. The molecule has 0 saturated carbocycles. The highest BCUT2D eigenvalue weighted by Gasteiger charge is 2.23. The third-order valence-electron chi connectivity index (χ3n) is 3.77. The Hall–Kier alpha value is -3.13. The van der Waals surface area contributed by atoms with Gasteiger partial charge in [-0.3, -0.25) is 14.9 Å². The molecule has 0 radical (unpaired) electrons. The van der Waals surface area contributed by atoms with Gasteiger partial charge in [0.25, 0.3) is 11.6 Å². The molecule has 0 aromatic heterocycles. The van der Waals surface area contributed by atoms with E-state index in [1.807, 2.05) is 19.0 Å². The lowest BCUT2D eigenvalue weighted by Crippen LogP contribution is -2.31. The highest BCUT2D eigenvalue weighted by molar-refractivity contribution is 6.02. The highest BCUT2D eigenvalue weighted by Crippen LogP contribution is 2.44. The first-order chi connectivity index (χ1) is 12.0. The minimum absolute atomic E-state index is 0.0541. The summed E-state index contributed by atoms with van der Waals surface area (Å²) < 4.78 is 5.75. The normalized spacial score (nSPS) is 11.8. The summed E-state index contributed by atoms with van der Waals surface area (Å²) >= 11 is 0. The SMILES string of the molecule is CN(C)CCNC(=O)c1cccc2c1Nc1ccc([N+](=O)[O-])cc1O2. The fourth-order valence-electron chi connectivity index (χ4n) is 2.49. The summed E-state index contributed by atoms with van der Waals surface area (Å²) in [5.41, 5.74) is 1.53. The number of nitro groups is 1. The molecule has 2 aromatic rings. The number of nitrogens with zero attached hydrogens (tertiary/aromatic N) is 2. The van der Waals surface area contributed by atoms with E-state index >= 15 is 0 Å². The lowest BCUT2D eigenvalue weighted by molar-refractivity contribution is -0.384. The van der Waals surface area contributed by atoms with Crippen molar-refractivity contribution in [1.82, 2.24) is 10.2 Å². The van der Waals surface area contributed by atoms with E-state index in [1.165, 1.54) is 12.1 Å². The van der Waals surface area contributed by atoms with Crippen LogP contribution in [0.25, 0.3) is 0 Å². The Morgan fingerprint density at radius 3 is 2.80 bits per heavy atom. The van der Waals surface area contributed by atoms with Crippen LogP contribution in [0, 0.1) is 10.1 Å². The van der Waals surface area contributed by atoms with E-state index in [0.717, 1.165) is 6.54 Å². The summed E-state index contributed by atoms with van der Waals surface area (Å²) in [6.45, 7) is 1.26. The van der Waals surface area contributed by atoms with Gasteiger partial charge >= 0.3 is 0 Å². The summed E-state index contributed by atoms with van der Waals surface area (Å²) in [6.07, 6.45) is 0. The van der Waals surface area contributed by atoms with Crippen molar-refractivity contribution < 1.29 is 14.5 Å². The first kappa shape index (κ1) is 16.7. The zero-order valence-corrected chi connectivity index (χ0v) is 13.9. The molecule has 1 heterocycles. The quantitative estimate of drug-likeness (QED) is 0.547. The number of fused-ring (bicyclic) bond motifs is 2. The molecule has 2 aromatic carbocycles. The number of hydrogen-bond donors (Lipinski definition) is 2. The number of rotatable bonds is 5. The Bertz CT molecular complexity index is 835. The van der Waals surface area contributed by atoms with E-state index in [-0.39, 0.29) is 11.6 Å². The first-order valence-electron chi connectivity index (χ1n) is 7.75. The van der Waals surface area contributed by atoms with Crippen molar-refractivity contribution >= 4 is 23.0 Å². The van der Waals surface area contributed by atoms with Crippen molar-refractivity contribution in [2.45, 2.75) is 0 Å². The van der Waals surface area contributed by atoms with Crippen molar-refractivity contribution in [3.8, 4) is 11.5 Å². The van der Waals surface area contributed by atoms with Crippen LogP contribution in [0.4, 0.5) is 17.1 Å². The molecule has 0 unspecified atom stereocenters. The largest absolute Gasteiger partial charge is 0.453 e. The average molecular weight is 342 g/mol. The molecule has 25 heavy (non-hydrogen) atoms. The molecule has 1 aliphatic rings. The van der Waals surface area contributed by atoms with E-state index in [9.17, 15) is 14.9 Å². The van der Waals surface area contributed by atoms with Crippen molar-refractivity contribution in [2.75, 3.05) is 32.5 Å². The van der Waals surface area contributed by atoms with Crippen LogP contribution < -0.4 is 15.4 Å². The summed E-state index contributed by atoms with van der Waals surface area (Å²) in [5.74, 6) is 0.597. The standard InChI is InChI=1S/C17H18N4O4/c1-20(2)9-8-18-17(22)12-4-3-5-14-16(12)19-13-7-6-11(21(23)24)10-15(13)25-14/h3-7,10,19H,8-9H2,1-2H3,(H,18,22). The monoisotopic (exact) mass is 342 g/mol. The number of carbonyl (C=O) groups is 1. The van der Waals surface area contributed by atoms with E-state index in [4.69, 9.17) is 4.74 Å². The number of anilines is 2. The van der Waals surface area contributed by atoms with Crippen LogP contribution in [0.15, 0.2) is 36.4 Å². The first-order valence-corrected chi connectivity index (χ1v) is 7.75. The number of amides is 1. The molecule has 0 fully saturated rings. The van der Waals surface area contributed by atoms with Gasteiger partial charge < -0.3 is 20.3 Å². The Kier molecular flexibility index (Phi) is 4.53. The molecule has 0 saturated heterocycles. The molecule has 0 spiro atoms. The summed E-state index contributed by atoms with van der Waals surface area (Å²) in [4.78, 5) is 24.8. The van der Waals surface area contributed by atoms with Crippen molar-refractivity contribution in [1.29, 1.82) is 0 Å². The minimum Gasteiger partial charge on any atom is -0.453 e. The fourth-order valence-corrected chi connectivity index (χ4v) is 2.49. The molecule has 1 aliphatic heterocycles. The van der Waals surface area contributed by atoms with Crippen LogP contribution in [-0.4, -0.2) is 42.9 Å². The number of ether oxygens (including phenoxy) is 1. The van der Waals surface area contributed by atoms with E-state index < -0.39 is 4.92 Å². The molecule has 0 bridgehead atoms. The van der Waals surface area contributed by atoms with E-state index in [1.54, 1.807) is 24.3 Å². The van der Waals surface area contributed by atoms with Gasteiger partial charge in [0.05, 0.1) is 27.9 Å². The van der Waals surface area contributed by atoms with Gasteiger partial charge in [0.15, 0.2) is 11.5 Å². The fraction of sp³-hybridized carbons (Fsp3) is 0.235. The van der Waals surface area contributed by atoms with Gasteiger partial charge in [-0.15, -0.1) is 0 Å². The maximum atomic E-state index is 12.4. The van der Waals surface area contributed by atoms with Gasteiger partial charge in [0, 0.05) is 19.2 Å². The summed E-state index contributed by atoms with van der Waals surface area (Å²) in [5, 5.41) is 16.9. The molecule has 130 valence electrons. The van der Waals surface area contributed by atoms with Gasteiger partial charge in [-0.25, -0.2) is 0 Å². The Morgan fingerprint density at radius 2 is 2.08 bits per heavy atom. The van der Waals surface area contributed by atoms with Crippen molar-refractivity contribution in [3.63, 3.8) is 0 Å². The van der Waals surface area contributed by atoms with Crippen LogP contribution in [0.2, 0.25) is 0 Å². The molecule has 1 amide bonds. The maximum absolute atomic E-state index is 12.4. The number of para-hydroxylation sites is 1. The number of nitrogens with one attached hydrogen (secondary N) is 2. The average Bonchev–Trinajstić information content (AvgIpc) is 2.58. The maximum Gasteiger partial charge on any atom is 0.273 e. The minimum atomic E-state index is -0.478. The van der Waals surface area contributed by atoms with Crippen molar-refractivity contribution in [3.05, 3.63) is 52.1 Å². The number of nitro benzene ring substituents is 1. The molecular formula is C17H18N4O4.